The van der Waals surface area contributed by atoms with Crippen LogP contribution < -0.4 is 5.32 Å². The molecule has 6 heteroatoms. The summed E-state index contributed by atoms with van der Waals surface area (Å²) in [6.07, 6.45) is 5.97. The summed E-state index contributed by atoms with van der Waals surface area (Å²) < 4.78 is 0.685. The summed E-state index contributed by atoms with van der Waals surface area (Å²) in [5, 5.41) is 14.2. The second-order valence-corrected chi connectivity index (χ2v) is 5.87. The smallest absolute Gasteiger partial charge is 0.291 e. The predicted molar refractivity (Wildman–Crippen MR) is 73.8 cm³/mol. The van der Waals surface area contributed by atoms with Crippen LogP contribution in [0.3, 0.4) is 0 Å². The van der Waals surface area contributed by atoms with E-state index in [4.69, 9.17) is 0 Å². The zero-order valence-electron chi connectivity index (χ0n) is 10.5. The molecule has 1 aromatic heterocycles. The van der Waals surface area contributed by atoms with Crippen molar-refractivity contribution < 1.29 is 4.92 Å². The van der Waals surface area contributed by atoms with E-state index in [1.54, 1.807) is 6.92 Å². The monoisotopic (exact) mass is 313 g/mol. The highest BCUT2D eigenvalue weighted by atomic mass is 79.9. The normalized spacial score (nSPS) is 17.7. The van der Waals surface area contributed by atoms with Crippen LogP contribution in [-0.2, 0) is 0 Å². The maximum atomic E-state index is 10.8. The minimum absolute atomic E-state index is 0.0454. The zero-order chi connectivity index (χ0) is 13.3. The number of nitro groups is 1. The lowest BCUT2D eigenvalue weighted by atomic mass is 10.0. The Labute approximate surface area is 114 Å². The number of pyridine rings is 1. The molecule has 0 atom stereocenters. The predicted octanol–water partition coefficient (Wildman–Crippen LogP) is 3.81. The van der Waals surface area contributed by atoms with E-state index >= 15 is 0 Å². The number of aromatic nitrogens is 1. The summed E-state index contributed by atoms with van der Waals surface area (Å²) in [6.45, 7) is 3.90. The summed E-state index contributed by atoms with van der Waals surface area (Å²) in [6, 6.07) is 0. The molecule has 1 aliphatic carbocycles. The highest BCUT2D eigenvalue weighted by Crippen LogP contribution is 2.36. The molecule has 0 unspecified atom stereocenters. The van der Waals surface area contributed by atoms with Gasteiger partial charge in [0.2, 0.25) is 0 Å². The summed E-state index contributed by atoms with van der Waals surface area (Å²) >= 11 is 3.40. The molecule has 1 heterocycles. The second-order valence-electron chi connectivity index (χ2n) is 5.08. The molecule has 0 aliphatic heterocycles. The van der Waals surface area contributed by atoms with E-state index in [0.29, 0.717) is 15.9 Å². The molecule has 0 saturated heterocycles. The van der Waals surface area contributed by atoms with Crippen LogP contribution in [-0.4, -0.2) is 15.4 Å². The van der Waals surface area contributed by atoms with Crippen LogP contribution in [0.15, 0.2) is 10.7 Å². The van der Waals surface area contributed by atoms with Crippen molar-refractivity contribution in [3.8, 4) is 0 Å². The maximum absolute atomic E-state index is 10.8. The summed E-state index contributed by atoms with van der Waals surface area (Å²) in [4.78, 5) is 14.6. The van der Waals surface area contributed by atoms with Crippen LogP contribution in [0.4, 0.5) is 11.5 Å². The molecule has 0 spiro atoms. The van der Waals surface area contributed by atoms with Crippen molar-refractivity contribution in [1.82, 2.24) is 4.98 Å². The number of hydrogen-bond donors (Lipinski definition) is 1. The molecule has 98 valence electrons. The van der Waals surface area contributed by atoms with Gasteiger partial charge in [-0.1, -0.05) is 12.8 Å². The second kappa shape index (κ2) is 4.84. The van der Waals surface area contributed by atoms with Crippen LogP contribution >= 0.6 is 15.9 Å². The van der Waals surface area contributed by atoms with E-state index < -0.39 is 4.92 Å². The lowest BCUT2D eigenvalue weighted by Gasteiger charge is -2.26. The molecule has 1 saturated carbocycles. The van der Waals surface area contributed by atoms with Gasteiger partial charge in [-0.2, -0.15) is 0 Å². The number of nitrogens with zero attached hydrogens (tertiary/aromatic N) is 2. The third-order valence-electron chi connectivity index (χ3n) is 3.56. The van der Waals surface area contributed by atoms with E-state index in [0.717, 1.165) is 12.8 Å². The lowest BCUT2D eigenvalue weighted by Crippen LogP contribution is -2.31. The van der Waals surface area contributed by atoms with Crippen LogP contribution in [0.25, 0.3) is 0 Å². The van der Waals surface area contributed by atoms with Gasteiger partial charge < -0.3 is 5.32 Å². The Kier molecular flexibility index (Phi) is 3.56. The maximum Gasteiger partial charge on any atom is 0.291 e. The van der Waals surface area contributed by atoms with Crippen LogP contribution in [0, 0.1) is 17.0 Å². The Bertz CT molecular complexity index is 484. The fraction of sp³-hybridized carbons (Fsp3) is 0.583. The Morgan fingerprint density at radius 3 is 2.67 bits per heavy atom. The first-order chi connectivity index (χ1) is 8.43. The minimum Gasteiger partial charge on any atom is -0.364 e. The minimum atomic E-state index is -0.409. The third kappa shape index (κ3) is 2.48. The van der Waals surface area contributed by atoms with Gasteiger partial charge in [-0.25, -0.2) is 4.98 Å². The van der Waals surface area contributed by atoms with Gasteiger partial charge in [0.1, 0.15) is 12.0 Å². The molecule has 5 nitrogen and oxygen atoms in total. The molecule has 1 N–H and O–H groups in total. The molecular formula is C12H16BrN3O2. The Morgan fingerprint density at radius 2 is 2.11 bits per heavy atom. The van der Waals surface area contributed by atoms with Crippen molar-refractivity contribution in [2.24, 2.45) is 0 Å². The van der Waals surface area contributed by atoms with Crippen LogP contribution in [0.2, 0.25) is 0 Å². The first-order valence-corrected chi connectivity index (χ1v) is 6.80. The van der Waals surface area contributed by atoms with E-state index in [1.807, 2.05) is 0 Å². The molecule has 1 aliphatic rings. The number of halogens is 1. The molecule has 0 bridgehead atoms. The van der Waals surface area contributed by atoms with Crippen molar-refractivity contribution in [1.29, 1.82) is 0 Å². The Hall–Kier alpha value is -1.17. The van der Waals surface area contributed by atoms with E-state index in [9.17, 15) is 10.1 Å². The molecular weight excluding hydrogens is 298 g/mol. The van der Waals surface area contributed by atoms with Crippen molar-refractivity contribution in [3.63, 3.8) is 0 Å². The largest absolute Gasteiger partial charge is 0.364 e. The zero-order valence-corrected chi connectivity index (χ0v) is 12.1. The van der Waals surface area contributed by atoms with Gasteiger partial charge in [0.05, 0.1) is 9.40 Å². The summed E-state index contributed by atoms with van der Waals surface area (Å²) in [7, 11) is 0. The highest BCUT2D eigenvalue weighted by molar-refractivity contribution is 9.10. The first-order valence-electron chi connectivity index (χ1n) is 6.01. The molecule has 0 radical (unpaired) electrons. The Morgan fingerprint density at radius 1 is 1.50 bits per heavy atom. The topological polar surface area (TPSA) is 68.1 Å². The SMILES string of the molecule is Cc1c([N+](=O)[O-])cnc(NC2(C)CCCC2)c1Br. The molecule has 1 fully saturated rings. The summed E-state index contributed by atoms with van der Waals surface area (Å²) in [5.74, 6) is 0.697. The molecule has 0 amide bonds. The molecule has 0 aromatic carbocycles. The number of nitrogens with one attached hydrogen (secondary N) is 1. The van der Waals surface area contributed by atoms with E-state index in [1.165, 1.54) is 19.0 Å². The average molecular weight is 314 g/mol. The van der Waals surface area contributed by atoms with Crippen LogP contribution in [0.1, 0.15) is 38.2 Å². The average Bonchev–Trinajstić information content (AvgIpc) is 2.72. The van der Waals surface area contributed by atoms with Gasteiger partial charge in [0.15, 0.2) is 0 Å². The highest BCUT2D eigenvalue weighted by Gasteiger charge is 2.30. The van der Waals surface area contributed by atoms with Crippen molar-refractivity contribution in [2.75, 3.05) is 5.32 Å². The standard InChI is InChI=1S/C12H16BrN3O2/c1-8-9(16(17)18)7-14-11(10(8)13)15-12(2)5-3-4-6-12/h7H,3-6H2,1-2H3,(H,14,15). The van der Waals surface area contributed by atoms with Gasteiger partial charge in [0.25, 0.3) is 5.69 Å². The van der Waals surface area contributed by atoms with E-state index in [2.05, 4.69) is 33.2 Å². The lowest BCUT2D eigenvalue weighted by molar-refractivity contribution is -0.385. The Balaban J connectivity index is 2.30. The number of anilines is 1. The van der Waals surface area contributed by atoms with Gasteiger partial charge in [-0.05, 0) is 42.6 Å². The molecule has 2 rings (SSSR count). The number of hydrogen-bond acceptors (Lipinski definition) is 4. The first kappa shape index (κ1) is 13.3. The summed E-state index contributed by atoms with van der Waals surface area (Å²) in [5.41, 5.74) is 0.709. The number of rotatable bonds is 3. The van der Waals surface area contributed by atoms with Crippen molar-refractivity contribution >= 4 is 27.4 Å². The fourth-order valence-electron chi connectivity index (χ4n) is 2.41. The van der Waals surface area contributed by atoms with Crippen molar-refractivity contribution in [3.05, 3.63) is 26.3 Å². The molecule has 1 aromatic rings. The van der Waals surface area contributed by atoms with Crippen molar-refractivity contribution in [2.45, 2.75) is 45.1 Å². The van der Waals surface area contributed by atoms with Gasteiger partial charge >= 0.3 is 0 Å². The molecule has 18 heavy (non-hydrogen) atoms. The fourth-order valence-corrected chi connectivity index (χ4v) is 2.81. The van der Waals surface area contributed by atoms with Crippen LogP contribution in [0.5, 0.6) is 0 Å². The quantitative estimate of drug-likeness (QED) is 0.680. The van der Waals surface area contributed by atoms with Gasteiger partial charge in [0, 0.05) is 11.1 Å². The van der Waals surface area contributed by atoms with Gasteiger partial charge in [-0.15, -0.1) is 0 Å². The van der Waals surface area contributed by atoms with E-state index in [-0.39, 0.29) is 11.2 Å². The van der Waals surface area contributed by atoms with Gasteiger partial charge in [-0.3, -0.25) is 10.1 Å². The third-order valence-corrected chi connectivity index (χ3v) is 4.53.